The van der Waals surface area contributed by atoms with E-state index < -0.39 is 0 Å². The zero-order chi connectivity index (χ0) is 11.8. The zero-order valence-corrected chi connectivity index (χ0v) is 9.40. The Kier molecular flexibility index (Phi) is 2.15. The first-order valence-corrected chi connectivity index (χ1v) is 5.68. The molecule has 2 N–H and O–H groups in total. The van der Waals surface area contributed by atoms with Crippen molar-refractivity contribution >= 4 is 27.4 Å². The van der Waals surface area contributed by atoms with Crippen LogP contribution in [0.5, 0.6) is 0 Å². The van der Waals surface area contributed by atoms with Crippen molar-refractivity contribution in [2.24, 2.45) is 0 Å². The fraction of sp³-hybridized carbons (Fsp3) is 0. The number of nitrogen functional groups attached to an aromatic ring is 1. The molecule has 0 atom stereocenters. The van der Waals surface area contributed by atoms with Gasteiger partial charge in [0.1, 0.15) is 5.58 Å². The third-order valence-electron chi connectivity index (χ3n) is 2.29. The number of hydrogen-bond acceptors (Lipinski definition) is 6. The van der Waals surface area contributed by atoms with Gasteiger partial charge in [0.2, 0.25) is 5.13 Å². The quantitative estimate of drug-likeness (QED) is 0.708. The summed E-state index contributed by atoms with van der Waals surface area (Å²) in [6, 6.07) is 8.47. The maximum Gasteiger partial charge on any atom is 0.203 e. The maximum absolute atomic E-state index is 11.8. The molecule has 0 aliphatic rings. The molecule has 0 aliphatic heterocycles. The molecule has 0 fully saturated rings. The molecule has 17 heavy (non-hydrogen) atoms. The van der Waals surface area contributed by atoms with E-state index >= 15 is 0 Å². The molecule has 0 saturated heterocycles. The molecule has 0 saturated carbocycles. The smallest absolute Gasteiger partial charge is 0.203 e. The number of aromatic nitrogens is 2. The van der Waals surface area contributed by atoms with Gasteiger partial charge in [0, 0.05) is 6.07 Å². The summed E-state index contributed by atoms with van der Waals surface area (Å²) in [5.74, 6) is 0.392. The van der Waals surface area contributed by atoms with Crippen LogP contribution in [-0.4, -0.2) is 10.2 Å². The molecule has 84 valence electrons. The average molecular weight is 245 g/mol. The number of fused-ring (bicyclic) bond motifs is 1. The highest BCUT2D eigenvalue weighted by Crippen LogP contribution is 2.25. The number of para-hydroxylation sites is 1. The first kappa shape index (κ1) is 9.98. The number of hydrogen-bond donors (Lipinski definition) is 1. The highest BCUT2D eigenvalue weighted by Gasteiger charge is 2.10. The van der Waals surface area contributed by atoms with E-state index in [-0.39, 0.29) is 5.43 Å². The Bertz CT molecular complexity index is 748. The summed E-state index contributed by atoms with van der Waals surface area (Å²) in [5.41, 5.74) is 5.92. The van der Waals surface area contributed by atoms with Crippen molar-refractivity contribution in [2.75, 3.05) is 5.73 Å². The zero-order valence-electron chi connectivity index (χ0n) is 8.58. The van der Waals surface area contributed by atoms with E-state index in [9.17, 15) is 4.79 Å². The van der Waals surface area contributed by atoms with Crippen LogP contribution in [-0.2, 0) is 0 Å². The molecule has 3 rings (SSSR count). The van der Waals surface area contributed by atoms with Crippen LogP contribution in [0.3, 0.4) is 0 Å². The molecule has 0 unspecified atom stereocenters. The fourth-order valence-electron chi connectivity index (χ4n) is 1.54. The lowest BCUT2D eigenvalue weighted by molar-refractivity contribution is 0.617. The minimum absolute atomic E-state index is 0.101. The lowest BCUT2D eigenvalue weighted by atomic mass is 10.2. The van der Waals surface area contributed by atoms with Gasteiger partial charge in [-0.2, -0.15) is 0 Å². The molecule has 0 amide bonds. The predicted octanol–water partition coefficient (Wildman–Crippen LogP) is 1.89. The third kappa shape index (κ3) is 1.68. The topological polar surface area (TPSA) is 82.0 Å². The predicted molar refractivity (Wildman–Crippen MR) is 65.8 cm³/mol. The molecule has 2 aromatic heterocycles. The monoisotopic (exact) mass is 245 g/mol. The van der Waals surface area contributed by atoms with Gasteiger partial charge in [0.25, 0.3) is 0 Å². The van der Waals surface area contributed by atoms with Crippen molar-refractivity contribution in [2.45, 2.75) is 0 Å². The van der Waals surface area contributed by atoms with Crippen molar-refractivity contribution < 1.29 is 4.42 Å². The molecule has 0 aliphatic carbocycles. The minimum Gasteiger partial charge on any atom is -0.453 e. The molecule has 6 heteroatoms. The van der Waals surface area contributed by atoms with Crippen molar-refractivity contribution in [3.05, 3.63) is 40.6 Å². The largest absolute Gasteiger partial charge is 0.453 e. The number of anilines is 1. The Hall–Kier alpha value is -2.21. The summed E-state index contributed by atoms with van der Waals surface area (Å²) in [5, 5.41) is 8.93. The van der Waals surface area contributed by atoms with Gasteiger partial charge in [-0.1, -0.05) is 23.5 Å². The second-order valence-electron chi connectivity index (χ2n) is 3.42. The van der Waals surface area contributed by atoms with E-state index in [0.29, 0.717) is 26.9 Å². The molecule has 0 bridgehead atoms. The van der Waals surface area contributed by atoms with Crippen LogP contribution in [0.15, 0.2) is 39.5 Å². The van der Waals surface area contributed by atoms with Crippen molar-refractivity contribution in [3.63, 3.8) is 0 Å². The van der Waals surface area contributed by atoms with Crippen LogP contribution in [0.4, 0.5) is 5.13 Å². The lowest BCUT2D eigenvalue weighted by Gasteiger charge is -1.98. The third-order valence-corrected chi connectivity index (χ3v) is 3.05. The van der Waals surface area contributed by atoms with E-state index in [4.69, 9.17) is 10.2 Å². The van der Waals surface area contributed by atoms with Gasteiger partial charge in [-0.15, -0.1) is 10.2 Å². The fourth-order valence-corrected chi connectivity index (χ4v) is 2.11. The first-order valence-electron chi connectivity index (χ1n) is 4.86. The van der Waals surface area contributed by atoms with E-state index in [1.165, 1.54) is 17.4 Å². The highest BCUT2D eigenvalue weighted by molar-refractivity contribution is 7.18. The summed E-state index contributed by atoms with van der Waals surface area (Å²) in [4.78, 5) is 11.8. The van der Waals surface area contributed by atoms with Gasteiger partial charge in [0.15, 0.2) is 16.2 Å². The van der Waals surface area contributed by atoms with E-state index in [1.54, 1.807) is 18.2 Å². The molecule has 5 nitrogen and oxygen atoms in total. The molecule has 1 aromatic carbocycles. The first-order chi connectivity index (χ1) is 8.24. The van der Waals surface area contributed by atoms with Crippen molar-refractivity contribution in [3.8, 4) is 10.8 Å². The number of benzene rings is 1. The van der Waals surface area contributed by atoms with Crippen LogP contribution in [0.25, 0.3) is 21.7 Å². The number of nitrogens with zero attached hydrogens (tertiary/aromatic N) is 2. The van der Waals surface area contributed by atoms with Gasteiger partial charge in [-0.25, -0.2) is 0 Å². The van der Waals surface area contributed by atoms with Crippen LogP contribution < -0.4 is 11.2 Å². The summed E-state index contributed by atoms with van der Waals surface area (Å²) >= 11 is 1.18. The average Bonchev–Trinajstić information content (AvgIpc) is 2.76. The van der Waals surface area contributed by atoms with Gasteiger partial charge in [0.05, 0.1) is 5.39 Å². The molecule has 0 radical (unpaired) electrons. The van der Waals surface area contributed by atoms with Gasteiger partial charge >= 0.3 is 0 Å². The van der Waals surface area contributed by atoms with Gasteiger partial charge in [-0.05, 0) is 12.1 Å². The summed E-state index contributed by atoms with van der Waals surface area (Å²) in [7, 11) is 0. The summed E-state index contributed by atoms with van der Waals surface area (Å²) in [6.07, 6.45) is 0. The van der Waals surface area contributed by atoms with E-state index in [0.717, 1.165) is 0 Å². The Labute approximate surface area is 99.5 Å². The molecule has 3 aromatic rings. The minimum atomic E-state index is -0.101. The van der Waals surface area contributed by atoms with Crippen LogP contribution >= 0.6 is 11.3 Å². The van der Waals surface area contributed by atoms with E-state index in [2.05, 4.69) is 10.2 Å². The van der Waals surface area contributed by atoms with Gasteiger partial charge < -0.3 is 10.2 Å². The number of nitrogens with two attached hydrogens (primary N) is 1. The Balaban J connectivity index is 2.29. The van der Waals surface area contributed by atoms with Crippen molar-refractivity contribution in [1.82, 2.24) is 10.2 Å². The molecular weight excluding hydrogens is 238 g/mol. The SMILES string of the molecule is Nc1nnc(-c2cc(=O)c3ccccc3o2)s1. The van der Waals surface area contributed by atoms with E-state index in [1.807, 2.05) is 6.07 Å². The second kappa shape index (κ2) is 3.67. The standard InChI is InChI=1S/C11H7N3O2S/c12-11-14-13-10(17-11)9-5-7(15)6-3-1-2-4-8(6)16-9/h1-5H,(H2,12,14). The Morgan fingerprint density at radius 3 is 2.82 bits per heavy atom. The normalized spacial score (nSPS) is 10.8. The Morgan fingerprint density at radius 1 is 1.24 bits per heavy atom. The van der Waals surface area contributed by atoms with Crippen LogP contribution in [0.2, 0.25) is 0 Å². The van der Waals surface area contributed by atoms with Crippen molar-refractivity contribution in [1.29, 1.82) is 0 Å². The maximum atomic E-state index is 11.8. The molecule has 2 heterocycles. The summed E-state index contributed by atoms with van der Waals surface area (Å²) < 4.78 is 5.59. The highest BCUT2D eigenvalue weighted by atomic mass is 32.1. The second-order valence-corrected chi connectivity index (χ2v) is 4.43. The molecular formula is C11H7N3O2S. The molecule has 0 spiro atoms. The Morgan fingerprint density at radius 2 is 2.06 bits per heavy atom. The number of rotatable bonds is 1. The lowest BCUT2D eigenvalue weighted by Crippen LogP contribution is -1.99. The summed E-state index contributed by atoms with van der Waals surface area (Å²) in [6.45, 7) is 0. The van der Waals surface area contributed by atoms with Crippen LogP contribution in [0.1, 0.15) is 0 Å². The van der Waals surface area contributed by atoms with Crippen LogP contribution in [0, 0.1) is 0 Å². The van der Waals surface area contributed by atoms with Gasteiger partial charge in [-0.3, -0.25) is 4.79 Å².